The maximum atomic E-state index is 9.97. The fourth-order valence-corrected chi connectivity index (χ4v) is 2.37. The highest BCUT2D eigenvalue weighted by Gasteiger charge is 2.51. The lowest BCUT2D eigenvalue weighted by molar-refractivity contribution is -0.253. The first kappa shape index (κ1) is 13.0. The van der Waals surface area contributed by atoms with Gasteiger partial charge in [-0.1, -0.05) is 30.3 Å². The summed E-state index contributed by atoms with van der Waals surface area (Å²) in [5, 5.41) is 28.8. The number of benzene rings is 1. The molecule has 6 atom stereocenters. The van der Waals surface area contributed by atoms with Crippen molar-refractivity contribution >= 4 is 0 Å². The summed E-state index contributed by atoms with van der Waals surface area (Å²) >= 11 is 0. The van der Waals surface area contributed by atoms with Gasteiger partial charge in [0.15, 0.2) is 12.6 Å². The predicted octanol–water partition coefficient (Wildman–Crippen LogP) is -0.460. The van der Waals surface area contributed by atoms with Crippen molar-refractivity contribution < 1.29 is 29.5 Å². The second kappa shape index (κ2) is 5.16. The van der Waals surface area contributed by atoms with Crippen LogP contribution in [-0.2, 0) is 14.2 Å². The molecular formula is C13H16O6. The van der Waals surface area contributed by atoms with Crippen molar-refractivity contribution in [3.63, 3.8) is 0 Å². The maximum absolute atomic E-state index is 9.97. The third-order valence-corrected chi connectivity index (χ3v) is 3.43. The topological polar surface area (TPSA) is 88.4 Å². The zero-order valence-electron chi connectivity index (χ0n) is 10.1. The summed E-state index contributed by atoms with van der Waals surface area (Å²) in [4.78, 5) is 0. The fraction of sp³-hybridized carbons (Fsp3) is 0.538. The molecule has 2 aliphatic heterocycles. The molecular weight excluding hydrogens is 252 g/mol. The average molecular weight is 268 g/mol. The van der Waals surface area contributed by atoms with Gasteiger partial charge in [-0.3, -0.25) is 0 Å². The van der Waals surface area contributed by atoms with E-state index in [-0.39, 0.29) is 6.61 Å². The van der Waals surface area contributed by atoms with Gasteiger partial charge in [0, 0.05) is 5.56 Å². The Morgan fingerprint density at radius 1 is 0.947 bits per heavy atom. The van der Waals surface area contributed by atoms with Crippen LogP contribution < -0.4 is 0 Å². The van der Waals surface area contributed by atoms with Crippen molar-refractivity contribution in [2.75, 3.05) is 6.61 Å². The second-order valence-electron chi connectivity index (χ2n) is 4.69. The Balaban J connectivity index is 1.77. The molecule has 3 rings (SSSR count). The van der Waals surface area contributed by atoms with Crippen molar-refractivity contribution in [3.8, 4) is 0 Å². The molecule has 2 saturated heterocycles. The smallest absolute Gasteiger partial charge is 0.190 e. The summed E-state index contributed by atoms with van der Waals surface area (Å²) in [5.74, 6) is 0. The van der Waals surface area contributed by atoms with E-state index in [1.54, 1.807) is 0 Å². The molecule has 2 heterocycles. The molecule has 0 bridgehead atoms. The Labute approximate surface area is 110 Å². The van der Waals surface area contributed by atoms with Gasteiger partial charge < -0.3 is 29.5 Å². The Morgan fingerprint density at radius 2 is 1.68 bits per heavy atom. The normalized spacial score (nSPS) is 42.1. The first-order valence-electron chi connectivity index (χ1n) is 6.19. The van der Waals surface area contributed by atoms with Gasteiger partial charge in [0.2, 0.25) is 0 Å². The number of aliphatic hydroxyl groups is 3. The third-order valence-electron chi connectivity index (χ3n) is 3.43. The number of aliphatic hydroxyl groups excluding tert-OH is 3. The molecule has 6 heteroatoms. The zero-order valence-corrected chi connectivity index (χ0v) is 10.1. The number of ether oxygens (including phenoxy) is 3. The summed E-state index contributed by atoms with van der Waals surface area (Å²) in [6.45, 7) is -0.388. The second-order valence-corrected chi connectivity index (χ2v) is 4.69. The van der Waals surface area contributed by atoms with Crippen LogP contribution in [0.3, 0.4) is 0 Å². The van der Waals surface area contributed by atoms with E-state index in [2.05, 4.69) is 0 Å². The van der Waals surface area contributed by atoms with Gasteiger partial charge >= 0.3 is 0 Å². The number of hydrogen-bond donors (Lipinski definition) is 3. The molecule has 0 aromatic heterocycles. The predicted molar refractivity (Wildman–Crippen MR) is 62.9 cm³/mol. The molecule has 0 amide bonds. The molecule has 6 nitrogen and oxygen atoms in total. The lowest BCUT2D eigenvalue weighted by atomic mass is 9.99. The molecule has 19 heavy (non-hydrogen) atoms. The molecule has 2 fully saturated rings. The van der Waals surface area contributed by atoms with E-state index >= 15 is 0 Å². The third kappa shape index (κ3) is 2.27. The number of rotatable bonds is 2. The zero-order chi connectivity index (χ0) is 13.4. The Hall–Kier alpha value is -1.02. The van der Waals surface area contributed by atoms with Gasteiger partial charge in [0.25, 0.3) is 0 Å². The van der Waals surface area contributed by atoms with Crippen LogP contribution in [0.4, 0.5) is 0 Å². The Bertz CT molecular complexity index is 424. The summed E-state index contributed by atoms with van der Waals surface area (Å²) in [7, 11) is 0. The minimum Gasteiger partial charge on any atom is -0.394 e. The highest BCUT2D eigenvalue weighted by molar-refractivity contribution is 5.17. The van der Waals surface area contributed by atoms with Crippen molar-refractivity contribution in [1.82, 2.24) is 0 Å². The van der Waals surface area contributed by atoms with Crippen molar-refractivity contribution in [2.45, 2.75) is 37.0 Å². The van der Waals surface area contributed by atoms with Crippen LogP contribution >= 0.6 is 0 Å². The van der Waals surface area contributed by atoms with Crippen LogP contribution in [0, 0.1) is 0 Å². The first-order valence-corrected chi connectivity index (χ1v) is 6.19. The molecule has 0 spiro atoms. The first-order chi connectivity index (χ1) is 9.20. The van der Waals surface area contributed by atoms with Gasteiger partial charge in [0.1, 0.15) is 24.4 Å². The lowest BCUT2D eigenvalue weighted by Crippen LogP contribution is -2.57. The van der Waals surface area contributed by atoms with Crippen LogP contribution in [0.2, 0.25) is 0 Å². The van der Waals surface area contributed by atoms with Crippen molar-refractivity contribution in [2.24, 2.45) is 0 Å². The molecule has 104 valence electrons. The van der Waals surface area contributed by atoms with Crippen molar-refractivity contribution in [3.05, 3.63) is 35.9 Å². The quantitative estimate of drug-likeness (QED) is 0.672. The van der Waals surface area contributed by atoms with Gasteiger partial charge in [-0.2, -0.15) is 0 Å². The fourth-order valence-electron chi connectivity index (χ4n) is 2.37. The van der Waals surface area contributed by atoms with Crippen LogP contribution in [-0.4, -0.2) is 52.6 Å². The standard InChI is InChI=1S/C13H16O6/c14-6-8-9(15)10(16)11-13(17-8)19-12(18-11)7-4-2-1-3-5-7/h1-5,8-16H,6H2/t8-,9+,10+,11-,12-,13-/m1/s1. The summed E-state index contributed by atoms with van der Waals surface area (Å²) in [5.41, 5.74) is 0.808. The van der Waals surface area contributed by atoms with E-state index in [0.29, 0.717) is 0 Å². The monoisotopic (exact) mass is 268 g/mol. The maximum Gasteiger partial charge on any atom is 0.190 e. The van der Waals surface area contributed by atoms with E-state index < -0.39 is 37.0 Å². The molecule has 1 aromatic carbocycles. The summed E-state index contributed by atoms with van der Waals surface area (Å²) < 4.78 is 16.6. The molecule has 0 radical (unpaired) electrons. The molecule has 0 unspecified atom stereocenters. The van der Waals surface area contributed by atoms with Gasteiger partial charge in [0.05, 0.1) is 6.61 Å². The molecule has 1 aromatic rings. The minimum atomic E-state index is -1.19. The minimum absolute atomic E-state index is 0.388. The van der Waals surface area contributed by atoms with E-state index in [9.17, 15) is 10.2 Å². The number of fused-ring (bicyclic) bond motifs is 1. The van der Waals surface area contributed by atoms with Crippen LogP contribution in [0.25, 0.3) is 0 Å². The highest BCUT2D eigenvalue weighted by atomic mass is 16.8. The lowest BCUT2D eigenvalue weighted by Gasteiger charge is -2.36. The van der Waals surface area contributed by atoms with Crippen LogP contribution in [0.1, 0.15) is 11.9 Å². The van der Waals surface area contributed by atoms with E-state index in [4.69, 9.17) is 19.3 Å². The Morgan fingerprint density at radius 3 is 2.37 bits per heavy atom. The largest absolute Gasteiger partial charge is 0.394 e. The SMILES string of the molecule is OC[C@H]1O[C@@H]2O[C@H](c3ccccc3)O[C@@H]2[C@@H](O)[C@H]1O. The molecule has 2 aliphatic rings. The van der Waals surface area contributed by atoms with Crippen LogP contribution in [0.5, 0.6) is 0 Å². The summed E-state index contributed by atoms with van der Waals surface area (Å²) in [6.07, 6.45) is -5.40. The van der Waals surface area contributed by atoms with Gasteiger partial charge in [-0.05, 0) is 0 Å². The summed E-state index contributed by atoms with van der Waals surface area (Å²) in [6, 6.07) is 9.27. The molecule has 0 aliphatic carbocycles. The van der Waals surface area contributed by atoms with Gasteiger partial charge in [-0.15, -0.1) is 0 Å². The molecule has 3 N–H and O–H groups in total. The van der Waals surface area contributed by atoms with E-state index in [1.807, 2.05) is 30.3 Å². The van der Waals surface area contributed by atoms with Gasteiger partial charge in [-0.25, -0.2) is 0 Å². The Kier molecular flexibility index (Phi) is 3.53. The number of hydrogen-bond acceptors (Lipinski definition) is 6. The average Bonchev–Trinajstić information content (AvgIpc) is 2.88. The van der Waals surface area contributed by atoms with Crippen LogP contribution in [0.15, 0.2) is 30.3 Å². The van der Waals surface area contributed by atoms with E-state index in [0.717, 1.165) is 5.56 Å². The van der Waals surface area contributed by atoms with E-state index in [1.165, 1.54) is 0 Å². The van der Waals surface area contributed by atoms with Crippen molar-refractivity contribution in [1.29, 1.82) is 0 Å². The molecule has 0 saturated carbocycles. The highest BCUT2D eigenvalue weighted by Crippen LogP contribution is 2.37.